The first-order chi connectivity index (χ1) is 8.01. The van der Waals surface area contributed by atoms with E-state index in [1.165, 1.54) is 12.8 Å². The molecule has 2 fully saturated rings. The maximum absolute atomic E-state index is 11.6. The van der Waals surface area contributed by atoms with Crippen LogP contribution in [0.3, 0.4) is 0 Å². The highest BCUT2D eigenvalue weighted by Crippen LogP contribution is 2.44. The quantitative estimate of drug-likeness (QED) is 0.820. The summed E-state index contributed by atoms with van der Waals surface area (Å²) in [5.74, 6) is 0.948. The Balaban J connectivity index is 2.04. The van der Waals surface area contributed by atoms with Crippen LogP contribution < -0.4 is 0 Å². The predicted molar refractivity (Wildman–Crippen MR) is 67.9 cm³/mol. The van der Waals surface area contributed by atoms with Gasteiger partial charge in [-0.15, -0.1) is 0 Å². The van der Waals surface area contributed by atoms with E-state index in [0.29, 0.717) is 6.04 Å². The molecular weight excluding hydrogens is 214 g/mol. The standard InChI is InChI=1S/C14H25NO2/c1-4-14(13(16)17)6-5-7-15(14)12-8-11(9-12)10(2)3/h10-12H,4-9H2,1-3H3,(H,16,17). The van der Waals surface area contributed by atoms with Gasteiger partial charge < -0.3 is 5.11 Å². The molecule has 98 valence electrons. The molecule has 1 saturated heterocycles. The van der Waals surface area contributed by atoms with Crippen molar-refractivity contribution in [3.05, 3.63) is 0 Å². The van der Waals surface area contributed by atoms with Crippen molar-refractivity contribution in [2.24, 2.45) is 11.8 Å². The van der Waals surface area contributed by atoms with E-state index in [-0.39, 0.29) is 0 Å². The fourth-order valence-corrected chi connectivity index (χ4v) is 3.62. The average molecular weight is 239 g/mol. The number of hydrogen-bond donors (Lipinski definition) is 1. The lowest BCUT2D eigenvalue weighted by atomic mass is 9.72. The molecule has 3 nitrogen and oxygen atoms in total. The third kappa shape index (κ3) is 1.99. The molecule has 1 unspecified atom stereocenters. The van der Waals surface area contributed by atoms with Crippen molar-refractivity contribution in [2.45, 2.75) is 64.5 Å². The zero-order valence-electron chi connectivity index (χ0n) is 11.3. The highest BCUT2D eigenvalue weighted by Gasteiger charge is 2.51. The zero-order valence-corrected chi connectivity index (χ0v) is 11.3. The third-order valence-electron chi connectivity index (χ3n) is 5.06. The van der Waals surface area contributed by atoms with Crippen LogP contribution in [-0.4, -0.2) is 34.1 Å². The molecule has 2 aliphatic rings. The van der Waals surface area contributed by atoms with E-state index in [9.17, 15) is 9.90 Å². The van der Waals surface area contributed by atoms with Crippen molar-refractivity contribution in [3.8, 4) is 0 Å². The number of aliphatic carboxylic acids is 1. The largest absolute Gasteiger partial charge is 0.480 e. The maximum atomic E-state index is 11.6. The normalized spacial score (nSPS) is 38.4. The van der Waals surface area contributed by atoms with Crippen LogP contribution >= 0.6 is 0 Å². The van der Waals surface area contributed by atoms with Crippen molar-refractivity contribution < 1.29 is 9.90 Å². The smallest absolute Gasteiger partial charge is 0.324 e. The molecule has 1 heterocycles. The predicted octanol–water partition coefficient (Wildman–Crippen LogP) is 2.75. The van der Waals surface area contributed by atoms with E-state index in [4.69, 9.17) is 0 Å². The number of carbonyl (C=O) groups is 1. The number of carboxylic acids is 1. The van der Waals surface area contributed by atoms with Crippen LogP contribution in [0.15, 0.2) is 0 Å². The van der Waals surface area contributed by atoms with Crippen molar-refractivity contribution in [2.75, 3.05) is 6.54 Å². The summed E-state index contributed by atoms with van der Waals surface area (Å²) in [6.45, 7) is 7.55. The summed E-state index contributed by atoms with van der Waals surface area (Å²) in [5.41, 5.74) is -0.549. The number of hydrogen-bond acceptors (Lipinski definition) is 2. The second-order valence-corrected chi connectivity index (χ2v) is 6.12. The molecule has 2 rings (SSSR count). The van der Waals surface area contributed by atoms with Crippen LogP contribution in [0, 0.1) is 11.8 Å². The van der Waals surface area contributed by atoms with Crippen LogP contribution in [-0.2, 0) is 4.79 Å². The molecule has 1 atom stereocenters. The van der Waals surface area contributed by atoms with Crippen molar-refractivity contribution >= 4 is 5.97 Å². The van der Waals surface area contributed by atoms with Gasteiger partial charge >= 0.3 is 5.97 Å². The van der Waals surface area contributed by atoms with Gasteiger partial charge in [0.15, 0.2) is 0 Å². The summed E-state index contributed by atoms with van der Waals surface area (Å²) in [7, 11) is 0. The third-order valence-corrected chi connectivity index (χ3v) is 5.06. The van der Waals surface area contributed by atoms with Gasteiger partial charge in [-0.05, 0) is 50.5 Å². The van der Waals surface area contributed by atoms with Gasteiger partial charge in [0, 0.05) is 6.04 Å². The minimum Gasteiger partial charge on any atom is -0.480 e. The Morgan fingerprint density at radius 2 is 2.12 bits per heavy atom. The Bertz CT molecular complexity index is 297. The zero-order chi connectivity index (χ0) is 12.6. The molecule has 1 saturated carbocycles. The van der Waals surface area contributed by atoms with E-state index in [0.717, 1.165) is 37.6 Å². The molecule has 0 bridgehead atoms. The molecule has 0 amide bonds. The lowest BCUT2D eigenvalue weighted by Crippen LogP contribution is -2.58. The average Bonchev–Trinajstić information content (AvgIpc) is 2.59. The van der Waals surface area contributed by atoms with E-state index in [1.54, 1.807) is 0 Å². The van der Waals surface area contributed by atoms with Crippen LogP contribution in [0.25, 0.3) is 0 Å². The van der Waals surface area contributed by atoms with E-state index < -0.39 is 11.5 Å². The fraction of sp³-hybridized carbons (Fsp3) is 0.929. The van der Waals surface area contributed by atoms with Gasteiger partial charge in [0.05, 0.1) is 0 Å². The van der Waals surface area contributed by atoms with Crippen LogP contribution in [0.2, 0.25) is 0 Å². The Kier molecular flexibility index (Phi) is 3.48. The second-order valence-electron chi connectivity index (χ2n) is 6.12. The first kappa shape index (κ1) is 12.9. The molecule has 1 aliphatic carbocycles. The molecular formula is C14H25NO2. The van der Waals surface area contributed by atoms with E-state index in [2.05, 4.69) is 18.7 Å². The Morgan fingerprint density at radius 3 is 2.59 bits per heavy atom. The fourth-order valence-electron chi connectivity index (χ4n) is 3.62. The number of nitrogens with zero attached hydrogens (tertiary/aromatic N) is 1. The van der Waals surface area contributed by atoms with E-state index in [1.807, 2.05) is 6.92 Å². The summed E-state index contributed by atoms with van der Waals surface area (Å²) < 4.78 is 0. The second kappa shape index (κ2) is 4.60. The van der Waals surface area contributed by atoms with E-state index >= 15 is 0 Å². The van der Waals surface area contributed by atoms with Crippen LogP contribution in [0.5, 0.6) is 0 Å². The maximum Gasteiger partial charge on any atom is 0.324 e. The topological polar surface area (TPSA) is 40.5 Å². The van der Waals surface area contributed by atoms with Gasteiger partial charge in [-0.25, -0.2) is 0 Å². The minimum atomic E-state index is -0.606. The Morgan fingerprint density at radius 1 is 1.47 bits per heavy atom. The highest BCUT2D eigenvalue weighted by atomic mass is 16.4. The number of likely N-dealkylation sites (tertiary alicyclic amines) is 1. The van der Waals surface area contributed by atoms with Gasteiger partial charge in [-0.2, -0.15) is 0 Å². The first-order valence-electron chi connectivity index (χ1n) is 7.01. The molecule has 3 heteroatoms. The van der Waals surface area contributed by atoms with Crippen molar-refractivity contribution in [3.63, 3.8) is 0 Å². The van der Waals surface area contributed by atoms with Gasteiger partial charge in [0.2, 0.25) is 0 Å². The number of rotatable bonds is 4. The minimum absolute atomic E-state index is 0.529. The lowest BCUT2D eigenvalue weighted by molar-refractivity contribution is -0.153. The van der Waals surface area contributed by atoms with Gasteiger partial charge in [0.1, 0.15) is 5.54 Å². The van der Waals surface area contributed by atoms with Gasteiger partial charge in [-0.1, -0.05) is 20.8 Å². The summed E-state index contributed by atoms with van der Waals surface area (Å²) >= 11 is 0. The summed E-state index contributed by atoms with van der Waals surface area (Å²) in [5, 5.41) is 9.54. The molecule has 0 radical (unpaired) electrons. The summed E-state index contributed by atoms with van der Waals surface area (Å²) in [6.07, 6.45) is 5.02. The van der Waals surface area contributed by atoms with Gasteiger partial charge in [0.25, 0.3) is 0 Å². The molecule has 0 aromatic carbocycles. The van der Waals surface area contributed by atoms with Crippen LogP contribution in [0.4, 0.5) is 0 Å². The first-order valence-corrected chi connectivity index (χ1v) is 7.01. The van der Waals surface area contributed by atoms with Gasteiger partial charge in [-0.3, -0.25) is 9.69 Å². The Labute approximate surface area is 104 Å². The van der Waals surface area contributed by atoms with Crippen LogP contribution in [0.1, 0.15) is 52.9 Å². The SMILES string of the molecule is CCC1(C(=O)O)CCCN1C1CC(C(C)C)C1. The highest BCUT2D eigenvalue weighted by molar-refractivity contribution is 5.79. The molecule has 0 spiro atoms. The molecule has 0 aromatic heterocycles. The molecule has 0 aromatic rings. The summed E-state index contributed by atoms with van der Waals surface area (Å²) in [4.78, 5) is 13.9. The Hall–Kier alpha value is -0.570. The van der Waals surface area contributed by atoms with Crippen molar-refractivity contribution in [1.82, 2.24) is 4.90 Å². The molecule has 1 aliphatic heterocycles. The van der Waals surface area contributed by atoms with Crippen molar-refractivity contribution in [1.29, 1.82) is 0 Å². The number of carboxylic acid groups (broad SMARTS) is 1. The monoisotopic (exact) mass is 239 g/mol. The molecule has 17 heavy (non-hydrogen) atoms. The lowest BCUT2D eigenvalue weighted by Gasteiger charge is -2.48. The molecule has 1 N–H and O–H groups in total. The summed E-state index contributed by atoms with van der Waals surface area (Å²) in [6, 6.07) is 0.529.